The number of carbonyl (C=O) groups excluding carboxylic acids is 1. The number of H-pyrrole nitrogens is 1. The molecule has 0 amide bonds. The second kappa shape index (κ2) is 7.69. The van der Waals surface area contributed by atoms with E-state index in [-0.39, 0.29) is 11.5 Å². The third-order valence-corrected chi connectivity index (χ3v) is 4.74. The second-order valence-electron chi connectivity index (χ2n) is 6.62. The molecule has 1 aliphatic rings. The Morgan fingerprint density at radius 3 is 2.89 bits per heavy atom. The summed E-state index contributed by atoms with van der Waals surface area (Å²) >= 11 is 0. The van der Waals surface area contributed by atoms with E-state index < -0.39 is 0 Å². The molecule has 0 atom stereocenters. The van der Waals surface area contributed by atoms with Crippen LogP contribution in [0.1, 0.15) is 27.2 Å². The zero-order chi connectivity index (χ0) is 19.5. The van der Waals surface area contributed by atoms with Gasteiger partial charge in [-0.25, -0.2) is 19.7 Å². The lowest BCUT2D eigenvalue weighted by Gasteiger charge is -2.27. The number of hydrogen-bond acceptors (Lipinski definition) is 7. The highest BCUT2D eigenvalue weighted by Gasteiger charge is 2.22. The van der Waals surface area contributed by atoms with E-state index in [9.17, 15) is 9.59 Å². The largest absolute Gasteiger partial charge is 0.465 e. The molecule has 0 radical (unpaired) electrons. The van der Waals surface area contributed by atoms with Gasteiger partial charge in [-0.2, -0.15) is 0 Å². The van der Waals surface area contributed by atoms with Crippen molar-refractivity contribution in [2.75, 3.05) is 13.7 Å². The van der Waals surface area contributed by atoms with Crippen LogP contribution in [-0.2, 0) is 24.2 Å². The van der Waals surface area contributed by atoms with Crippen LogP contribution < -0.4 is 5.56 Å². The summed E-state index contributed by atoms with van der Waals surface area (Å²) in [4.78, 5) is 41.8. The van der Waals surface area contributed by atoms with Gasteiger partial charge in [0, 0.05) is 37.6 Å². The molecule has 3 aromatic rings. The minimum Gasteiger partial charge on any atom is -0.465 e. The SMILES string of the molecule is COC(=O)c1cccc(CN2CCc3c(nc(-c4cncnc4)[nH]c3=O)C2)c1. The van der Waals surface area contributed by atoms with Crippen LogP contribution in [0.3, 0.4) is 0 Å². The number of aromatic nitrogens is 4. The molecule has 8 nitrogen and oxygen atoms in total. The zero-order valence-electron chi connectivity index (χ0n) is 15.4. The zero-order valence-corrected chi connectivity index (χ0v) is 15.4. The summed E-state index contributed by atoms with van der Waals surface area (Å²) in [6.45, 7) is 1.96. The molecular weight excluding hydrogens is 358 g/mol. The summed E-state index contributed by atoms with van der Waals surface area (Å²) in [6, 6.07) is 7.38. The monoisotopic (exact) mass is 377 g/mol. The van der Waals surface area contributed by atoms with Gasteiger partial charge in [-0.1, -0.05) is 12.1 Å². The molecule has 142 valence electrons. The van der Waals surface area contributed by atoms with Gasteiger partial charge in [0.05, 0.1) is 23.9 Å². The molecule has 3 heterocycles. The van der Waals surface area contributed by atoms with Crippen LogP contribution in [0.15, 0.2) is 47.8 Å². The normalized spacial score (nSPS) is 13.8. The van der Waals surface area contributed by atoms with Gasteiger partial charge in [0.2, 0.25) is 0 Å². The van der Waals surface area contributed by atoms with Crippen LogP contribution in [-0.4, -0.2) is 44.5 Å². The van der Waals surface area contributed by atoms with Gasteiger partial charge in [-0.15, -0.1) is 0 Å². The van der Waals surface area contributed by atoms with Gasteiger partial charge in [0.15, 0.2) is 0 Å². The van der Waals surface area contributed by atoms with Crippen molar-refractivity contribution in [2.24, 2.45) is 0 Å². The van der Waals surface area contributed by atoms with E-state index in [4.69, 9.17) is 4.74 Å². The molecule has 0 bridgehead atoms. The number of nitrogens with one attached hydrogen (secondary N) is 1. The molecule has 0 saturated heterocycles. The highest BCUT2D eigenvalue weighted by Crippen LogP contribution is 2.19. The van der Waals surface area contributed by atoms with Crippen LogP contribution in [0.5, 0.6) is 0 Å². The van der Waals surface area contributed by atoms with Gasteiger partial charge in [0.1, 0.15) is 12.2 Å². The highest BCUT2D eigenvalue weighted by molar-refractivity contribution is 5.89. The van der Waals surface area contributed by atoms with Crippen molar-refractivity contribution in [3.05, 3.63) is 75.7 Å². The first-order valence-corrected chi connectivity index (χ1v) is 8.91. The van der Waals surface area contributed by atoms with Crippen molar-refractivity contribution in [2.45, 2.75) is 19.5 Å². The lowest BCUT2D eigenvalue weighted by atomic mass is 10.0. The van der Waals surface area contributed by atoms with Gasteiger partial charge >= 0.3 is 5.97 Å². The summed E-state index contributed by atoms with van der Waals surface area (Å²) in [5.41, 5.74) is 3.57. The minimum absolute atomic E-state index is 0.115. The van der Waals surface area contributed by atoms with E-state index in [1.54, 1.807) is 18.5 Å². The highest BCUT2D eigenvalue weighted by atomic mass is 16.5. The Labute approximate surface area is 161 Å². The number of hydrogen-bond donors (Lipinski definition) is 1. The maximum absolute atomic E-state index is 12.5. The summed E-state index contributed by atoms with van der Waals surface area (Å²) in [5, 5.41) is 0. The van der Waals surface area contributed by atoms with Crippen LogP contribution in [0.2, 0.25) is 0 Å². The number of methoxy groups -OCH3 is 1. The van der Waals surface area contributed by atoms with Gasteiger partial charge in [0.25, 0.3) is 5.56 Å². The Kier molecular flexibility index (Phi) is 4.94. The molecule has 0 spiro atoms. The summed E-state index contributed by atoms with van der Waals surface area (Å²) in [5.74, 6) is 0.118. The quantitative estimate of drug-likeness (QED) is 0.689. The summed E-state index contributed by atoms with van der Waals surface area (Å²) in [6.07, 6.45) is 5.30. The molecule has 8 heteroatoms. The number of nitrogens with zero attached hydrogens (tertiary/aromatic N) is 4. The van der Waals surface area contributed by atoms with Crippen molar-refractivity contribution in [1.82, 2.24) is 24.8 Å². The first kappa shape index (κ1) is 18.0. The van der Waals surface area contributed by atoms with Gasteiger partial charge in [-0.05, 0) is 24.1 Å². The number of rotatable bonds is 4. The standard InChI is InChI=1S/C20H19N5O3/c1-28-20(27)14-4-2-3-13(7-14)10-25-6-5-16-17(11-25)23-18(24-19(16)26)15-8-21-12-22-9-15/h2-4,7-9,12H,5-6,10-11H2,1H3,(H,23,24,26). The average molecular weight is 377 g/mol. The lowest BCUT2D eigenvalue weighted by Crippen LogP contribution is -2.35. The maximum atomic E-state index is 12.5. The van der Waals surface area contributed by atoms with E-state index in [0.717, 1.165) is 23.4 Å². The van der Waals surface area contributed by atoms with Crippen LogP contribution in [0, 0.1) is 0 Å². The molecule has 1 N–H and O–H groups in total. The molecule has 2 aromatic heterocycles. The maximum Gasteiger partial charge on any atom is 0.337 e. The smallest absolute Gasteiger partial charge is 0.337 e. The molecule has 0 fully saturated rings. The fourth-order valence-corrected chi connectivity index (χ4v) is 3.36. The molecule has 28 heavy (non-hydrogen) atoms. The summed E-state index contributed by atoms with van der Waals surface area (Å²) < 4.78 is 4.79. The number of ether oxygens (including phenoxy) is 1. The van der Waals surface area contributed by atoms with E-state index in [1.807, 2.05) is 18.2 Å². The van der Waals surface area contributed by atoms with E-state index in [2.05, 4.69) is 24.8 Å². The number of aromatic amines is 1. The van der Waals surface area contributed by atoms with Crippen molar-refractivity contribution in [3.63, 3.8) is 0 Å². The Morgan fingerprint density at radius 1 is 1.29 bits per heavy atom. The van der Waals surface area contributed by atoms with Crippen molar-refractivity contribution < 1.29 is 9.53 Å². The molecule has 4 rings (SSSR count). The Morgan fingerprint density at radius 2 is 2.11 bits per heavy atom. The van der Waals surface area contributed by atoms with Crippen molar-refractivity contribution >= 4 is 5.97 Å². The van der Waals surface area contributed by atoms with E-state index in [1.165, 1.54) is 13.4 Å². The van der Waals surface area contributed by atoms with E-state index in [0.29, 0.717) is 36.5 Å². The first-order chi connectivity index (χ1) is 13.6. The van der Waals surface area contributed by atoms with E-state index >= 15 is 0 Å². The Hall–Kier alpha value is -3.39. The third kappa shape index (κ3) is 3.67. The molecule has 0 aliphatic carbocycles. The molecule has 1 aliphatic heterocycles. The number of fused-ring (bicyclic) bond motifs is 1. The van der Waals surface area contributed by atoms with Crippen LogP contribution in [0.25, 0.3) is 11.4 Å². The average Bonchev–Trinajstić information content (AvgIpc) is 2.73. The minimum atomic E-state index is -0.353. The predicted molar refractivity (Wildman–Crippen MR) is 101 cm³/mol. The van der Waals surface area contributed by atoms with Crippen LogP contribution >= 0.6 is 0 Å². The summed E-state index contributed by atoms with van der Waals surface area (Å²) in [7, 11) is 1.37. The number of carbonyl (C=O) groups is 1. The third-order valence-electron chi connectivity index (χ3n) is 4.74. The number of esters is 1. The first-order valence-electron chi connectivity index (χ1n) is 8.91. The van der Waals surface area contributed by atoms with Crippen molar-refractivity contribution in [1.29, 1.82) is 0 Å². The van der Waals surface area contributed by atoms with Gasteiger partial charge in [-0.3, -0.25) is 9.69 Å². The van der Waals surface area contributed by atoms with Gasteiger partial charge < -0.3 is 9.72 Å². The number of benzene rings is 1. The van der Waals surface area contributed by atoms with Crippen LogP contribution in [0.4, 0.5) is 0 Å². The Balaban J connectivity index is 1.57. The molecule has 0 unspecified atom stereocenters. The topological polar surface area (TPSA) is 101 Å². The molecule has 0 saturated carbocycles. The second-order valence-corrected chi connectivity index (χ2v) is 6.62. The molecular formula is C20H19N5O3. The molecule has 1 aromatic carbocycles. The predicted octanol–water partition coefficient (Wildman–Crippen LogP) is 1.57. The van der Waals surface area contributed by atoms with Crippen molar-refractivity contribution in [3.8, 4) is 11.4 Å². The fourth-order valence-electron chi connectivity index (χ4n) is 3.36. The lowest BCUT2D eigenvalue weighted by molar-refractivity contribution is 0.0600. The Bertz CT molecular complexity index is 1060. The fraction of sp³-hybridized carbons (Fsp3) is 0.250.